The van der Waals surface area contributed by atoms with E-state index in [2.05, 4.69) is 10.3 Å². The molecule has 0 amide bonds. The predicted octanol–water partition coefficient (Wildman–Crippen LogP) is -1.14. The molecular formula is C11H14N4O4. The fourth-order valence-electron chi connectivity index (χ4n) is 2.34. The monoisotopic (exact) mass is 266 g/mol. The molecule has 0 bridgehead atoms. The molecule has 2 N–H and O–H groups in total. The van der Waals surface area contributed by atoms with Gasteiger partial charge in [0.15, 0.2) is 5.65 Å². The molecule has 0 aromatic carbocycles. The summed E-state index contributed by atoms with van der Waals surface area (Å²) in [5.74, 6) is 0. The third-order valence-corrected chi connectivity index (χ3v) is 3.29. The van der Waals surface area contributed by atoms with Crippen molar-refractivity contribution in [3.05, 3.63) is 22.5 Å². The molecule has 3 heterocycles. The number of hydrogen-bond acceptors (Lipinski definition) is 6. The molecule has 1 aliphatic heterocycles. The van der Waals surface area contributed by atoms with Crippen LogP contribution in [0.1, 0.15) is 13.2 Å². The van der Waals surface area contributed by atoms with Crippen molar-refractivity contribution in [2.24, 2.45) is 0 Å². The quantitative estimate of drug-likeness (QED) is 0.712. The fourth-order valence-corrected chi connectivity index (χ4v) is 2.34. The first kappa shape index (κ1) is 12.3. The number of nitrogens with zero attached hydrogens (tertiary/aromatic N) is 4. The molecule has 0 aliphatic carbocycles. The third-order valence-electron chi connectivity index (χ3n) is 3.29. The van der Waals surface area contributed by atoms with Crippen molar-refractivity contribution in [1.82, 2.24) is 19.6 Å². The Balaban J connectivity index is 2.18. The van der Waals surface area contributed by atoms with Crippen LogP contribution in [0.15, 0.2) is 16.9 Å². The van der Waals surface area contributed by atoms with Crippen LogP contribution in [0.3, 0.4) is 0 Å². The van der Waals surface area contributed by atoms with Crippen LogP contribution in [0.2, 0.25) is 0 Å². The number of ether oxygens (including phenoxy) is 1. The molecule has 0 spiro atoms. The highest BCUT2D eigenvalue weighted by atomic mass is 16.5. The van der Waals surface area contributed by atoms with Crippen molar-refractivity contribution in [1.29, 1.82) is 0 Å². The number of aliphatic hydroxyl groups excluding tert-OH is 2. The van der Waals surface area contributed by atoms with Crippen LogP contribution in [0.4, 0.5) is 0 Å². The summed E-state index contributed by atoms with van der Waals surface area (Å²) in [6, 6.07) is 3.01. The maximum atomic E-state index is 12.0. The summed E-state index contributed by atoms with van der Waals surface area (Å²) in [4.78, 5) is 12.0. The minimum atomic E-state index is -1.04. The van der Waals surface area contributed by atoms with Gasteiger partial charge in [-0.05, 0) is 13.0 Å². The van der Waals surface area contributed by atoms with Gasteiger partial charge in [-0.2, -0.15) is 0 Å². The predicted molar refractivity (Wildman–Crippen MR) is 64.5 cm³/mol. The summed E-state index contributed by atoms with van der Waals surface area (Å²) in [5, 5.41) is 26.7. The zero-order valence-electron chi connectivity index (χ0n) is 10.3. The zero-order valence-corrected chi connectivity index (χ0v) is 10.3. The van der Waals surface area contributed by atoms with Gasteiger partial charge in [0, 0.05) is 6.07 Å². The van der Waals surface area contributed by atoms with Crippen LogP contribution >= 0.6 is 0 Å². The molecular weight excluding hydrogens is 252 g/mol. The molecule has 3 rings (SSSR count). The molecule has 0 saturated heterocycles. The van der Waals surface area contributed by atoms with Gasteiger partial charge in [0.05, 0.1) is 13.2 Å². The molecule has 8 nitrogen and oxygen atoms in total. The number of pyridine rings is 1. The highest BCUT2D eigenvalue weighted by Gasteiger charge is 2.29. The lowest BCUT2D eigenvalue weighted by Gasteiger charge is -2.23. The maximum absolute atomic E-state index is 12.0. The van der Waals surface area contributed by atoms with E-state index in [0.717, 1.165) is 0 Å². The normalized spacial score (nSPS) is 24.4. The van der Waals surface area contributed by atoms with Crippen molar-refractivity contribution < 1.29 is 14.9 Å². The molecule has 3 atom stereocenters. The molecule has 1 aliphatic rings. The Morgan fingerprint density at radius 2 is 2.37 bits per heavy atom. The lowest BCUT2D eigenvalue weighted by molar-refractivity contribution is -0.111. The molecule has 102 valence electrons. The smallest absolute Gasteiger partial charge is 0.254 e. The van der Waals surface area contributed by atoms with E-state index < -0.39 is 25.0 Å². The summed E-state index contributed by atoms with van der Waals surface area (Å²) in [6.07, 6.45) is -2.25. The average Bonchev–Trinajstić information content (AvgIpc) is 2.72. The molecule has 0 saturated carbocycles. The van der Waals surface area contributed by atoms with E-state index in [9.17, 15) is 9.90 Å². The molecule has 0 radical (unpaired) electrons. The lowest BCUT2D eigenvalue weighted by atomic mass is 10.2. The first-order chi connectivity index (χ1) is 9.11. The van der Waals surface area contributed by atoms with E-state index in [4.69, 9.17) is 9.84 Å². The van der Waals surface area contributed by atoms with Gasteiger partial charge in [-0.15, -0.1) is 5.10 Å². The van der Waals surface area contributed by atoms with E-state index in [1.165, 1.54) is 15.3 Å². The second-order valence-corrected chi connectivity index (χ2v) is 4.55. The Hall–Kier alpha value is -1.77. The molecule has 2 aromatic rings. The van der Waals surface area contributed by atoms with Gasteiger partial charge in [0.1, 0.15) is 24.0 Å². The largest absolute Gasteiger partial charge is 0.394 e. The number of aliphatic hydroxyl groups is 2. The molecule has 8 heteroatoms. The van der Waals surface area contributed by atoms with Gasteiger partial charge >= 0.3 is 0 Å². The fraction of sp³-hybridized carbons (Fsp3) is 0.545. The second-order valence-electron chi connectivity index (χ2n) is 4.55. The number of rotatable bonds is 2. The SMILES string of the molecule is CC1O[C@@H](C(O)CO)Cn2nnc3ccc(=O)n1c32. The Bertz CT molecular complexity index is 664. The van der Waals surface area contributed by atoms with Gasteiger partial charge in [-0.1, -0.05) is 5.21 Å². The molecule has 2 aromatic heterocycles. The highest BCUT2D eigenvalue weighted by molar-refractivity contribution is 5.70. The van der Waals surface area contributed by atoms with Crippen molar-refractivity contribution in [3.63, 3.8) is 0 Å². The summed E-state index contributed by atoms with van der Waals surface area (Å²) >= 11 is 0. The van der Waals surface area contributed by atoms with Crippen LogP contribution in [-0.4, -0.2) is 48.6 Å². The van der Waals surface area contributed by atoms with Crippen molar-refractivity contribution in [2.75, 3.05) is 6.61 Å². The van der Waals surface area contributed by atoms with E-state index in [1.807, 2.05) is 0 Å². The van der Waals surface area contributed by atoms with Crippen LogP contribution < -0.4 is 5.56 Å². The second kappa shape index (κ2) is 4.41. The topological polar surface area (TPSA) is 102 Å². The standard InChI is InChI=1S/C11H14N4O4/c1-6-15-10(18)3-2-7-11(15)14(13-12-7)4-9(19-6)8(17)5-16/h2-3,6,8-9,16-17H,4-5H2,1H3/t6?,8?,9-/m1/s1. The van der Waals surface area contributed by atoms with E-state index in [0.29, 0.717) is 11.2 Å². The van der Waals surface area contributed by atoms with Gasteiger partial charge < -0.3 is 14.9 Å². The average molecular weight is 266 g/mol. The van der Waals surface area contributed by atoms with Crippen molar-refractivity contribution >= 4 is 11.2 Å². The minimum Gasteiger partial charge on any atom is -0.394 e. The van der Waals surface area contributed by atoms with E-state index in [1.54, 1.807) is 13.0 Å². The number of aromatic nitrogens is 4. The van der Waals surface area contributed by atoms with Crippen molar-refractivity contribution in [2.45, 2.75) is 31.9 Å². The van der Waals surface area contributed by atoms with Crippen LogP contribution in [0.25, 0.3) is 11.2 Å². The van der Waals surface area contributed by atoms with E-state index in [-0.39, 0.29) is 12.1 Å². The summed E-state index contributed by atoms with van der Waals surface area (Å²) in [5.41, 5.74) is 0.935. The van der Waals surface area contributed by atoms with Gasteiger partial charge in [-0.25, -0.2) is 4.68 Å². The molecule has 0 fully saturated rings. The number of hydrogen-bond donors (Lipinski definition) is 2. The van der Waals surface area contributed by atoms with Crippen LogP contribution in [0.5, 0.6) is 0 Å². The summed E-state index contributed by atoms with van der Waals surface area (Å²) < 4.78 is 8.60. The van der Waals surface area contributed by atoms with E-state index >= 15 is 0 Å². The first-order valence-electron chi connectivity index (χ1n) is 6.01. The van der Waals surface area contributed by atoms with Gasteiger partial charge in [-0.3, -0.25) is 9.36 Å². The third kappa shape index (κ3) is 1.84. The maximum Gasteiger partial charge on any atom is 0.254 e. The van der Waals surface area contributed by atoms with Crippen LogP contribution in [0, 0.1) is 0 Å². The Kier molecular flexibility index (Phi) is 2.85. The zero-order chi connectivity index (χ0) is 13.6. The highest BCUT2D eigenvalue weighted by Crippen LogP contribution is 2.22. The Labute approximate surface area is 107 Å². The first-order valence-corrected chi connectivity index (χ1v) is 6.01. The Morgan fingerprint density at radius 3 is 3.11 bits per heavy atom. The Morgan fingerprint density at radius 1 is 1.58 bits per heavy atom. The lowest BCUT2D eigenvalue weighted by Crippen LogP contribution is -2.36. The molecule has 19 heavy (non-hydrogen) atoms. The van der Waals surface area contributed by atoms with Crippen LogP contribution in [-0.2, 0) is 11.3 Å². The molecule has 2 unspecified atom stereocenters. The van der Waals surface area contributed by atoms with Gasteiger partial charge in [0.25, 0.3) is 5.56 Å². The van der Waals surface area contributed by atoms with Gasteiger partial charge in [0.2, 0.25) is 0 Å². The minimum absolute atomic E-state index is 0.220. The summed E-state index contributed by atoms with van der Waals surface area (Å²) in [6.45, 7) is 1.52. The van der Waals surface area contributed by atoms with Crippen molar-refractivity contribution in [3.8, 4) is 0 Å². The summed E-state index contributed by atoms with van der Waals surface area (Å²) in [7, 11) is 0.